The van der Waals surface area contributed by atoms with E-state index in [-0.39, 0.29) is 16.9 Å². The van der Waals surface area contributed by atoms with E-state index in [9.17, 15) is 14.7 Å². The number of anilines is 2. The molecule has 6 heteroatoms. The molecule has 0 unspecified atom stereocenters. The quantitative estimate of drug-likeness (QED) is 0.320. The topological polar surface area (TPSA) is 73.7 Å². The summed E-state index contributed by atoms with van der Waals surface area (Å²) in [5, 5.41) is 10.9. The number of aromatic carboxylic acids is 1. The van der Waals surface area contributed by atoms with E-state index in [1.807, 2.05) is 20.8 Å². The molecule has 1 aliphatic heterocycles. The van der Waals surface area contributed by atoms with Crippen LogP contribution in [0, 0.1) is 5.41 Å². The van der Waals surface area contributed by atoms with Gasteiger partial charge >= 0.3 is 5.97 Å². The Labute approximate surface area is 223 Å². The van der Waals surface area contributed by atoms with Gasteiger partial charge in [-0.05, 0) is 75.9 Å². The van der Waals surface area contributed by atoms with Gasteiger partial charge in [-0.15, -0.1) is 0 Å². The Kier molecular flexibility index (Phi) is 6.66. The molecule has 6 nitrogen and oxygen atoms in total. The Balaban J connectivity index is 1.47. The summed E-state index contributed by atoms with van der Waals surface area (Å²) in [6, 6.07) is 21.7. The molecule has 0 saturated carbocycles. The van der Waals surface area contributed by atoms with Crippen molar-refractivity contribution in [2.24, 2.45) is 5.41 Å². The Morgan fingerprint density at radius 1 is 0.974 bits per heavy atom. The molecule has 5 rings (SSSR count). The number of carbonyl (C=O) groups excluding carboxylic acids is 1. The highest BCUT2D eigenvalue weighted by Gasteiger charge is 2.25. The predicted octanol–water partition coefficient (Wildman–Crippen LogP) is 6.56. The SMILES string of the molecule is CN1CCc2cc(-c3ccc(CN(C(=O)CC(C)(C)C)c4nccc5cc(C(=O)O)ccc45)cc3)ccc21. The zero-order valence-corrected chi connectivity index (χ0v) is 22.4. The molecule has 0 saturated heterocycles. The highest BCUT2D eigenvalue weighted by atomic mass is 16.4. The summed E-state index contributed by atoms with van der Waals surface area (Å²) >= 11 is 0. The third-order valence-electron chi connectivity index (χ3n) is 7.06. The van der Waals surface area contributed by atoms with Gasteiger partial charge in [-0.25, -0.2) is 9.78 Å². The summed E-state index contributed by atoms with van der Waals surface area (Å²) in [4.78, 5) is 33.7. The van der Waals surface area contributed by atoms with Gasteiger partial charge in [-0.3, -0.25) is 9.69 Å². The van der Waals surface area contributed by atoms with Crippen molar-refractivity contribution in [1.29, 1.82) is 0 Å². The van der Waals surface area contributed by atoms with Crippen LogP contribution >= 0.6 is 0 Å². The van der Waals surface area contributed by atoms with E-state index in [0.717, 1.165) is 34.9 Å². The third-order valence-corrected chi connectivity index (χ3v) is 7.06. The van der Waals surface area contributed by atoms with Crippen LogP contribution in [0.5, 0.6) is 0 Å². The highest BCUT2D eigenvalue weighted by Crippen LogP contribution is 2.33. The van der Waals surface area contributed by atoms with Gasteiger partial charge < -0.3 is 10.0 Å². The lowest BCUT2D eigenvalue weighted by atomic mass is 9.91. The Bertz CT molecular complexity index is 1520. The maximum absolute atomic E-state index is 13.6. The number of hydrogen-bond acceptors (Lipinski definition) is 4. The second-order valence-electron chi connectivity index (χ2n) is 11.3. The molecule has 0 atom stereocenters. The average molecular weight is 508 g/mol. The van der Waals surface area contributed by atoms with E-state index < -0.39 is 5.97 Å². The second kappa shape index (κ2) is 9.93. The highest BCUT2D eigenvalue weighted by molar-refractivity contribution is 6.04. The minimum Gasteiger partial charge on any atom is -0.478 e. The molecular weight excluding hydrogens is 474 g/mol. The summed E-state index contributed by atoms with van der Waals surface area (Å²) in [5.41, 5.74) is 6.02. The first-order valence-electron chi connectivity index (χ1n) is 12.9. The lowest BCUT2D eigenvalue weighted by Gasteiger charge is -2.27. The van der Waals surface area contributed by atoms with Crippen molar-refractivity contribution < 1.29 is 14.7 Å². The van der Waals surface area contributed by atoms with Crippen LogP contribution in [0.4, 0.5) is 11.5 Å². The van der Waals surface area contributed by atoms with E-state index in [0.29, 0.717) is 18.8 Å². The number of aromatic nitrogens is 1. The van der Waals surface area contributed by atoms with E-state index in [4.69, 9.17) is 0 Å². The van der Waals surface area contributed by atoms with Crippen LogP contribution in [-0.2, 0) is 17.8 Å². The van der Waals surface area contributed by atoms with Crippen molar-refractivity contribution in [2.75, 3.05) is 23.4 Å². The summed E-state index contributed by atoms with van der Waals surface area (Å²) in [5.74, 6) is -0.464. The number of carboxylic acids is 1. The number of rotatable bonds is 6. The molecule has 4 aromatic rings. The zero-order valence-electron chi connectivity index (χ0n) is 22.4. The minimum absolute atomic E-state index is 0.0216. The van der Waals surface area contributed by atoms with Gasteiger partial charge in [0.15, 0.2) is 0 Å². The molecule has 0 bridgehead atoms. The lowest BCUT2D eigenvalue weighted by molar-refractivity contribution is -0.120. The molecule has 0 radical (unpaired) electrons. The Hall–Kier alpha value is -4.19. The first-order chi connectivity index (χ1) is 18.1. The van der Waals surface area contributed by atoms with Crippen molar-refractivity contribution in [2.45, 2.75) is 40.2 Å². The standard InChI is InChI=1S/C32H33N3O3/c1-32(2,3)19-29(36)35(30-27-11-9-26(31(37)38)18-24(27)13-15-33-30)20-21-5-7-22(8-6-21)23-10-12-28-25(17-23)14-16-34(28)4/h5-13,15,17-18H,14,16,19-20H2,1-4H3,(H,37,38). The van der Waals surface area contributed by atoms with Crippen molar-refractivity contribution in [3.05, 3.63) is 89.6 Å². The molecule has 1 amide bonds. The Morgan fingerprint density at radius 2 is 1.71 bits per heavy atom. The van der Waals surface area contributed by atoms with E-state index in [1.165, 1.54) is 16.8 Å². The predicted molar refractivity (Wildman–Crippen MR) is 153 cm³/mol. The van der Waals surface area contributed by atoms with Crippen LogP contribution in [0.15, 0.2) is 72.9 Å². The lowest BCUT2D eigenvalue weighted by Crippen LogP contribution is -2.34. The van der Waals surface area contributed by atoms with Gasteiger partial charge in [0.1, 0.15) is 5.82 Å². The van der Waals surface area contributed by atoms with E-state index >= 15 is 0 Å². The minimum atomic E-state index is -0.985. The fourth-order valence-electron chi connectivity index (χ4n) is 5.07. The van der Waals surface area contributed by atoms with Crippen LogP contribution in [-0.4, -0.2) is 35.6 Å². The van der Waals surface area contributed by atoms with Crippen LogP contribution in [0.1, 0.15) is 48.7 Å². The van der Waals surface area contributed by atoms with Crippen LogP contribution in [0.3, 0.4) is 0 Å². The number of fused-ring (bicyclic) bond motifs is 2. The van der Waals surface area contributed by atoms with Crippen molar-refractivity contribution in [1.82, 2.24) is 4.98 Å². The second-order valence-corrected chi connectivity index (χ2v) is 11.3. The van der Waals surface area contributed by atoms with Crippen LogP contribution < -0.4 is 9.80 Å². The van der Waals surface area contributed by atoms with E-state index in [2.05, 4.69) is 59.4 Å². The van der Waals surface area contributed by atoms with Gasteiger partial charge in [0.05, 0.1) is 12.1 Å². The van der Waals surface area contributed by atoms with Crippen LogP contribution in [0.2, 0.25) is 0 Å². The molecule has 0 fully saturated rings. The molecule has 0 spiro atoms. The normalized spacial score (nSPS) is 13.0. The van der Waals surface area contributed by atoms with Crippen molar-refractivity contribution in [3.63, 3.8) is 0 Å². The fraction of sp³-hybridized carbons (Fsp3) is 0.281. The summed E-state index contributed by atoms with van der Waals surface area (Å²) < 4.78 is 0. The number of benzene rings is 3. The van der Waals surface area contributed by atoms with Crippen LogP contribution in [0.25, 0.3) is 21.9 Å². The number of hydrogen-bond donors (Lipinski definition) is 1. The van der Waals surface area contributed by atoms with Gasteiger partial charge in [-0.2, -0.15) is 0 Å². The van der Waals surface area contributed by atoms with Gasteiger partial charge in [0.2, 0.25) is 5.91 Å². The molecule has 1 aromatic heterocycles. The van der Waals surface area contributed by atoms with Crippen molar-refractivity contribution in [3.8, 4) is 11.1 Å². The first kappa shape index (κ1) is 25.5. The molecule has 3 aromatic carbocycles. The number of likely N-dealkylation sites (N-methyl/N-ethyl adjacent to an activating group) is 1. The number of pyridine rings is 1. The molecule has 2 heterocycles. The van der Waals surface area contributed by atoms with Gasteiger partial charge in [0, 0.05) is 37.3 Å². The number of nitrogens with zero attached hydrogens (tertiary/aromatic N) is 3. The number of carbonyl (C=O) groups is 2. The summed E-state index contributed by atoms with van der Waals surface area (Å²) in [6.45, 7) is 7.55. The van der Waals surface area contributed by atoms with Gasteiger partial charge in [-0.1, -0.05) is 51.1 Å². The average Bonchev–Trinajstić information content (AvgIpc) is 3.26. The smallest absolute Gasteiger partial charge is 0.335 e. The molecule has 1 N–H and O–H groups in total. The van der Waals surface area contributed by atoms with Gasteiger partial charge in [0.25, 0.3) is 0 Å². The summed E-state index contributed by atoms with van der Waals surface area (Å²) in [7, 11) is 2.13. The first-order valence-corrected chi connectivity index (χ1v) is 12.9. The molecule has 194 valence electrons. The zero-order chi connectivity index (χ0) is 27.0. The summed E-state index contributed by atoms with van der Waals surface area (Å²) in [6.07, 6.45) is 3.06. The number of amides is 1. The molecule has 0 aliphatic carbocycles. The maximum Gasteiger partial charge on any atom is 0.335 e. The molecule has 1 aliphatic rings. The number of carboxylic acid groups (broad SMARTS) is 1. The van der Waals surface area contributed by atoms with E-state index in [1.54, 1.807) is 35.4 Å². The Morgan fingerprint density at radius 3 is 2.42 bits per heavy atom. The van der Waals surface area contributed by atoms with Crippen molar-refractivity contribution >= 4 is 34.2 Å². The molecule has 38 heavy (non-hydrogen) atoms. The monoisotopic (exact) mass is 507 g/mol. The molecular formula is C32H33N3O3. The largest absolute Gasteiger partial charge is 0.478 e. The fourth-order valence-corrected chi connectivity index (χ4v) is 5.07. The third kappa shape index (κ3) is 5.25. The maximum atomic E-state index is 13.6.